The Balaban J connectivity index is 1.69. The van der Waals surface area contributed by atoms with Gasteiger partial charge in [0.2, 0.25) is 0 Å². The van der Waals surface area contributed by atoms with Gasteiger partial charge >= 0.3 is 5.97 Å². The maximum atomic E-state index is 13.0. The molecule has 10 nitrogen and oxygen atoms in total. The summed E-state index contributed by atoms with van der Waals surface area (Å²) in [6.07, 6.45) is -2.36. The van der Waals surface area contributed by atoms with Crippen molar-refractivity contribution < 1.29 is 39.5 Å². The Bertz CT molecular complexity index is 1090. The molecule has 0 aliphatic carbocycles. The Kier molecular flexibility index (Phi) is 8.21. The largest absolute Gasteiger partial charge is 0.497 e. The molecular formula is C26H34N2O8. The number of piperidine rings is 3. The average Bonchev–Trinajstić information content (AvgIpc) is 2.93. The lowest BCUT2D eigenvalue weighted by Gasteiger charge is -2.51. The zero-order valence-corrected chi connectivity index (χ0v) is 20.5. The number of esters is 1. The van der Waals surface area contributed by atoms with E-state index >= 15 is 0 Å². The highest BCUT2D eigenvalue weighted by atomic mass is 16.6. The normalized spacial score (nSPS) is 26.7. The lowest BCUT2D eigenvalue weighted by atomic mass is 9.72. The summed E-state index contributed by atoms with van der Waals surface area (Å²) in [5, 5.41) is 39.4. The predicted molar refractivity (Wildman–Crippen MR) is 129 cm³/mol. The van der Waals surface area contributed by atoms with Gasteiger partial charge in [0.1, 0.15) is 24.1 Å². The van der Waals surface area contributed by atoms with E-state index in [9.17, 15) is 24.9 Å². The minimum atomic E-state index is -2.23. The molecule has 0 radical (unpaired) electrons. The van der Waals surface area contributed by atoms with Crippen molar-refractivity contribution in [3.8, 4) is 5.75 Å². The summed E-state index contributed by atoms with van der Waals surface area (Å²) in [5.41, 5.74) is 1.33. The van der Waals surface area contributed by atoms with Crippen molar-refractivity contribution in [2.75, 3.05) is 26.8 Å². The summed E-state index contributed by atoms with van der Waals surface area (Å²) in [4.78, 5) is 32.3. The maximum Gasteiger partial charge on any atom is 0.378 e. The molecule has 1 aromatic heterocycles. The number of aromatic nitrogens is 1. The van der Waals surface area contributed by atoms with E-state index < -0.39 is 42.8 Å². The van der Waals surface area contributed by atoms with Crippen LogP contribution in [0.2, 0.25) is 0 Å². The molecule has 2 aromatic rings. The molecule has 3 fully saturated rings. The molecule has 4 heterocycles. The number of carbonyl (C=O) groups excluding carboxylic acids is 2. The van der Waals surface area contributed by atoms with Crippen LogP contribution in [0.25, 0.3) is 10.9 Å². The fourth-order valence-corrected chi connectivity index (χ4v) is 5.60. The summed E-state index contributed by atoms with van der Waals surface area (Å²) < 4.78 is 11.2. The van der Waals surface area contributed by atoms with Crippen molar-refractivity contribution >= 4 is 22.7 Å². The number of methoxy groups -OCH3 is 1. The number of pyridine rings is 1. The first-order valence-electron chi connectivity index (χ1n) is 12.4. The summed E-state index contributed by atoms with van der Waals surface area (Å²) in [6.45, 7) is 3.01. The van der Waals surface area contributed by atoms with Crippen LogP contribution in [0.5, 0.6) is 5.75 Å². The van der Waals surface area contributed by atoms with E-state index in [1.54, 1.807) is 31.5 Å². The van der Waals surface area contributed by atoms with Gasteiger partial charge < -0.3 is 29.9 Å². The lowest BCUT2D eigenvalue weighted by Crippen LogP contribution is -2.56. The van der Waals surface area contributed by atoms with Crippen LogP contribution in [0.4, 0.5) is 0 Å². The highest BCUT2D eigenvalue weighted by molar-refractivity contribution is 6.35. The maximum absolute atomic E-state index is 13.0. The number of Topliss-reactive ketones (excluding diaryl/α,β-unsaturated/α-hetero) is 1. The summed E-state index contributed by atoms with van der Waals surface area (Å²) in [7, 11) is 1.55. The van der Waals surface area contributed by atoms with Gasteiger partial charge in [-0.2, -0.15) is 0 Å². The molecule has 10 heteroatoms. The highest BCUT2D eigenvalue weighted by Crippen LogP contribution is 2.44. The van der Waals surface area contributed by atoms with Crippen LogP contribution < -0.4 is 4.74 Å². The quantitative estimate of drug-likeness (QED) is 0.269. The minimum Gasteiger partial charge on any atom is -0.497 e. The molecule has 1 aromatic carbocycles. The molecule has 3 aliphatic rings. The van der Waals surface area contributed by atoms with Gasteiger partial charge in [-0.1, -0.05) is 13.3 Å². The first kappa shape index (κ1) is 26.4. The van der Waals surface area contributed by atoms with E-state index in [1.807, 2.05) is 6.07 Å². The number of aliphatic hydroxyl groups excluding tert-OH is 4. The standard InChI is InChI=1S/C26H34N2O8/c1-3-14-12-28-9-7-15(14)10-20(28)25(36-26(34)24(33)23(32)22(31)21(30)13-29)17-6-8-27-19-5-4-16(35-2)11-18(17)19/h4-6,8,11,14-15,20-23,25,29-32H,3,7,9-10,12-13H2,1-2H3/t14-,15-,20+,21-,22+,23+,25-/m0/s1. The first-order chi connectivity index (χ1) is 17.3. The number of ether oxygens (including phenoxy) is 2. The number of carbonyl (C=O) groups is 2. The second-order valence-corrected chi connectivity index (χ2v) is 9.67. The third-order valence-corrected chi connectivity index (χ3v) is 7.71. The zero-order valence-electron chi connectivity index (χ0n) is 20.5. The third kappa shape index (κ3) is 5.09. The molecule has 1 unspecified atom stereocenters. The van der Waals surface area contributed by atoms with Gasteiger partial charge in [0.05, 0.1) is 25.3 Å². The van der Waals surface area contributed by atoms with Crippen molar-refractivity contribution in [2.45, 2.75) is 56.6 Å². The second kappa shape index (κ2) is 11.2. The van der Waals surface area contributed by atoms with E-state index in [0.29, 0.717) is 34.1 Å². The van der Waals surface area contributed by atoms with E-state index in [0.717, 1.165) is 32.4 Å². The summed E-state index contributed by atoms with van der Waals surface area (Å²) in [5.74, 6) is -1.08. The molecule has 0 spiro atoms. The van der Waals surface area contributed by atoms with E-state index in [4.69, 9.17) is 14.6 Å². The molecular weight excluding hydrogens is 468 g/mol. The van der Waals surface area contributed by atoms with Gasteiger partial charge in [0.15, 0.2) is 6.10 Å². The topological polar surface area (TPSA) is 150 Å². The Morgan fingerprint density at radius 1 is 1.22 bits per heavy atom. The number of hydrogen-bond acceptors (Lipinski definition) is 10. The van der Waals surface area contributed by atoms with Crippen LogP contribution in [0, 0.1) is 11.8 Å². The van der Waals surface area contributed by atoms with Gasteiger partial charge in [-0.25, -0.2) is 4.79 Å². The van der Waals surface area contributed by atoms with Crippen molar-refractivity contribution in [1.82, 2.24) is 9.88 Å². The number of rotatable bonds is 10. The van der Waals surface area contributed by atoms with Gasteiger partial charge in [-0.05, 0) is 55.5 Å². The molecule has 8 atom stereocenters. The van der Waals surface area contributed by atoms with Gasteiger partial charge in [0, 0.05) is 23.7 Å². The Hall–Kier alpha value is -2.63. The number of fused-ring (bicyclic) bond motifs is 4. The fraction of sp³-hybridized carbons (Fsp3) is 0.577. The SMILES string of the molecule is CC[C@H]1CN2CC[C@H]1C[C@@H]2[C@@H](OC(=O)C(=O)[C@H](O)[C@H](O)[C@@H](O)CO)c1ccnc2ccc(OC)cc12. The Morgan fingerprint density at radius 3 is 2.64 bits per heavy atom. The number of aliphatic hydroxyl groups is 4. The predicted octanol–water partition coefficient (Wildman–Crippen LogP) is 0.592. The third-order valence-electron chi connectivity index (χ3n) is 7.71. The van der Waals surface area contributed by atoms with Crippen LogP contribution in [0.1, 0.15) is 37.9 Å². The Morgan fingerprint density at radius 2 is 2.00 bits per heavy atom. The molecule has 4 N–H and O–H groups in total. The minimum absolute atomic E-state index is 0.190. The van der Waals surface area contributed by atoms with Gasteiger partial charge in [0.25, 0.3) is 5.78 Å². The number of benzene rings is 1. The van der Waals surface area contributed by atoms with E-state index in [1.165, 1.54) is 0 Å². The van der Waals surface area contributed by atoms with E-state index in [-0.39, 0.29) is 6.04 Å². The van der Waals surface area contributed by atoms with Crippen molar-refractivity contribution in [3.63, 3.8) is 0 Å². The highest BCUT2D eigenvalue weighted by Gasteiger charge is 2.45. The number of ketones is 1. The molecule has 0 amide bonds. The molecule has 0 saturated carbocycles. The number of hydrogen-bond donors (Lipinski definition) is 4. The monoisotopic (exact) mass is 502 g/mol. The zero-order chi connectivity index (χ0) is 26.0. The van der Waals surface area contributed by atoms with E-state index in [2.05, 4.69) is 16.8 Å². The average molecular weight is 503 g/mol. The molecule has 196 valence electrons. The summed E-state index contributed by atoms with van der Waals surface area (Å²) >= 11 is 0. The smallest absolute Gasteiger partial charge is 0.378 e. The summed E-state index contributed by atoms with van der Waals surface area (Å²) in [6, 6.07) is 6.96. The Labute approximate surface area is 209 Å². The fourth-order valence-electron chi connectivity index (χ4n) is 5.60. The molecule has 36 heavy (non-hydrogen) atoms. The van der Waals surface area contributed by atoms with Crippen LogP contribution in [-0.2, 0) is 14.3 Å². The second-order valence-electron chi connectivity index (χ2n) is 9.67. The van der Waals surface area contributed by atoms with Crippen molar-refractivity contribution in [1.29, 1.82) is 0 Å². The first-order valence-corrected chi connectivity index (χ1v) is 12.4. The van der Waals surface area contributed by atoms with Crippen LogP contribution in [0.15, 0.2) is 30.5 Å². The van der Waals surface area contributed by atoms with Crippen molar-refractivity contribution in [3.05, 3.63) is 36.0 Å². The molecule has 3 saturated heterocycles. The lowest BCUT2D eigenvalue weighted by molar-refractivity contribution is -0.171. The molecule has 3 aliphatic heterocycles. The van der Waals surface area contributed by atoms with Gasteiger partial charge in [-0.3, -0.25) is 14.7 Å². The molecule has 2 bridgehead atoms. The number of nitrogens with zero attached hydrogens (tertiary/aromatic N) is 2. The van der Waals surface area contributed by atoms with Gasteiger partial charge in [-0.15, -0.1) is 0 Å². The van der Waals surface area contributed by atoms with Crippen molar-refractivity contribution in [2.24, 2.45) is 11.8 Å². The molecule has 5 rings (SSSR count). The van der Waals surface area contributed by atoms with Crippen LogP contribution in [-0.4, -0.2) is 93.2 Å². The van der Waals surface area contributed by atoms with Crippen LogP contribution in [0.3, 0.4) is 0 Å². The van der Waals surface area contributed by atoms with Crippen LogP contribution >= 0.6 is 0 Å².